The fourth-order valence-corrected chi connectivity index (χ4v) is 5.14. The molecule has 11 heteroatoms. The summed E-state index contributed by atoms with van der Waals surface area (Å²) < 4.78 is 6.47. The molecule has 0 spiro atoms. The van der Waals surface area contributed by atoms with Crippen molar-refractivity contribution in [3.8, 4) is 11.3 Å². The summed E-state index contributed by atoms with van der Waals surface area (Å²) in [7, 11) is 0. The topological polar surface area (TPSA) is 125 Å². The first kappa shape index (κ1) is 21.9. The van der Waals surface area contributed by atoms with Gasteiger partial charge in [0.05, 0.1) is 10.5 Å². The lowest BCUT2D eigenvalue weighted by Gasteiger charge is -2.19. The highest BCUT2D eigenvalue weighted by Gasteiger charge is 2.36. The summed E-state index contributed by atoms with van der Waals surface area (Å²) in [5, 5.41) is 25.7. The van der Waals surface area contributed by atoms with Crippen molar-refractivity contribution in [3.05, 3.63) is 93.7 Å². The zero-order chi connectivity index (χ0) is 23.7. The number of non-ortho nitro benzene ring substituents is 1. The van der Waals surface area contributed by atoms with E-state index in [1.807, 2.05) is 30.3 Å². The lowest BCUT2D eigenvalue weighted by atomic mass is 10.1. The SMILES string of the molecule is N=C1/C(=C/c2ccc(-c3cccc([N+](=O)[O-])c3)o2)C(=O)N=C2SC(SCc3ccccc3)=NN12. The molecule has 0 saturated carbocycles. The normalized spacial score (nSPS) is 16.5. The predicted octanol–water partition coefficient (Wildman–Crippen LogP) is 5.36. The van der Waals surface area contributed by atoms with Crippen LogP contribution in [-0.4, -0.2) is 31.2 Å². The fourth-order valence-electron chi connectivity index (χ4n) is 3.25. The van der Waals surface area contributed by atoms with Gasteiger partial charge in [0.1, 0.15) is 11.5 Å². The van der Waals surface area contributed by atoms with Crippen molar-refractivity contribution in [2.75, 3.05) is 0 Å². The van der Waals surface area contributed by atoms with Gasteiger partial charge in [0.25, 0.3) is 11.6 Å². The molecule has 3 heterocycles. The second-order valence-electron chi connectivity index (χ2n) is 7.17. The Kier molecular flexibility index (Phi) is 5.86. The summed E-state index contributed by atoms with van der Waals surface area (Å²) >= 11 is 2.77. The highest BCUT2D eigenvalue weighted by Crippen LogP contribution is 2.34. The quantitative estimate of drug-likeness (QED) is 0.290. The van der Waals surface area contributed by atoms with Crippen LogP contribution >= 0.6 is 23.5 Å². The predicted molar refractivity (Wildman–Crippen MR) is 134 cm³/mol. The number of carbonyl (C=O) groups is 1. The Labute approximate surface area is 201 Å². The molecule has 3 aromatic rings. The van der Waals surface area contributed by atoms with Crippen LogP contribution in [0.4, 0.5) is 5.69 Å². The molecule has 1 N–H and O–H groups in total. The van der Waals surface area contributed by atoms with Crippen LogP contribution in [0.15, 0.2) is 86.8 Å². The van der Waals surface area contributed by atoms with Gasteiger partial charge in [0.15, 0.2) is 10.2 Å². The van der Waals surface area contributed by atoms with E-state index < -0.39 is 10.8 Å². The van der Waals surface area contributed by atoms with Gasteiger partial charge in [0.2, 0.25) is 5.17 Å². The van der Waals surface area contributed by atoms with Gasteiger partial charge in [-0.15, -0.1) is 5.10 Å². The van der Waals surface area contributed by atoms with E-state index >= 15 is 0 Å². The first-order valence-electron chi connectivity index (χ1n) is 9.99. The number of fused-ring (bicyclic) bond motifs is 1. The number of aliphatic imine (C=N–C) groups is 1. The molecule has 0 unspecified atom stereocenters. The maximum absolute atomic E-state index is 12.6. The highest BCUT2D eigenvalue weighted by atomic mass is 32.2. The Balaban J connectivity index is 1.35. The fraction of sp³-hybridized carbons (Fsp3) is 0.0435. The molecule has 0 fully saturated rings. The van der Waals surface area contributed by atoms with Crippen molar-refractivity contribution >= 4 is 56.6 Å². The van der Waals surface area contributed by atoms with Crippen LogP contribution in [-0.2, 0) is 10.5 Å². The van der Waals surface area contributed by atoms with Crippen molar-refractivity contribution in [1.82, 2.24) is 5.01 Å². The average molecular weight is 490 g/mol. The zero-order valence-electron chi connectivity index (χ0n) is 17.4. The maximum Gasteiger partial charge on any atom is 0.283 e. The number of amidine groups is 2. The van der Waals surface area contributed by atoms with Crippen molar-refractivity contribution < 1.29 is 14.1 Å². The summed E-state index contributed by atoms with van der Waals surface area (Å²) in [6.07, 6.45) is 1.43. The lowest BCUT2D eigenvalue weighted by molar-refractivity contribution is -0.384. The Morgan fingerprint density at radius 1 is 1.15 bits per heavy atom. The molecule has 1 amide bonds. The van der Waals surface area contributed by atoms with Crippen LogP contribution in [0.3, 0.4) is 0 Å². The molecular weight excluding hydrogens is 474 g/mol. The van der Waals surface area contributed by atoms with E-state index in [1.165, 1.54) is 46.7 Å². The minimum absolute atomic E-state index is 0.0438. The van der Waals surface area contributed by atoms with Crippen LogP contribution in [0.2, 0.25) is 0 Å². The summed E-state index contributed by atoms with van der Waals surface area (Å²) in [5.74, 6) is 0.796. The van der Waals surface area contributed by atoms with Crippen LogP contribution in [0, 0.1) is 15.5 Å². The Hall–Kier alpha value is -3.96. The van der Waals surface area contributed by atoms with Crippen molar-refractivity contribution in [3.63, 3.8) is 0 Å². The van der Waals surface area contributed by atoms with E-state index in [2.05, 4.69) is 10.1 Å². The number of hydrogen-bond donors (Lipinski definition) is 1. The largest absolute Gasteiger partial charge is 0.457 e. The molecule has 5 rings (SSSR count). The minimum Gasteiger partial charge on any atom is -0.457 e. The molecule has 9 nitrogen and oxygen atoms in total. The van der Waals surface area contributed by atoms with E-state index in [4.69, 9.17) is 9.83 Å². The third kappa shape index (κ3) is 4.43. The number of benzene rings is 2. The van der Waals surface area contributed by atoms with Gasteiger partial charge in [-0.25, -0.2) is 0 Å². The molecule has 1 aromatic heterocycles. The van der Waals surface area contributed by atoms with Gasteiger partial charge in [0, 0.05) is 23.4 Å². The van der Waals surface area contributed by atoms with Gasteiger partial charge in [-0.1, -0.05) is 54.2 Å². The number of carbonyl (C=O) groups excluding carboxylic acids is 1. The summed E-state index contributed by atoms with van der Waals surface area (Å²) in [6, 6.07) is 19.3. The van der Waals surface area contributed by atoms with Crippen LogP contribution in [0.25, 0.3) is 17.4 Å². The first-order chi connectivity index (χ1) is 16.5. The Morgan fingerprint density at radius 3 is 2.76 bits per heavy atom. The number of rotatable bonds is 5. The second-order valence-corrected chi connectivity index (χ2v) is 9.35. The molecule has 2 aromatic carbocycles. The monoisotopic (exact) mass is 489 g/mol. The van der Waals surface area contributed by atoms with E-state index in [0.29, 0.717) is 32.4 Å². The molecule has 2 aliphatic rings. The summed E-state index contributed by atoms with van der Waals surface area (Å²) in [5.41, 5.74) is 1.67. The molecule has 0 saturated heterocycles. The molecule has 0 aliphatic carbocycles. The molecule has 2 aliphatic heterocycles. The lowest BCUT2D eigenvalue weighted by Crippen LogP contribution is -2.35. The molecule has 168 valence electrons. The van der Waals surface area contributed by atoms with Crippen LogP contribution < -0.4 is 0 Å². The maximum atomic E-state index is 12.6. The third-order valence-electron chi connectivity index (χ3n) is 4.90. The summed E-state index contributed by atoms with van der Waals surface area (Å²) in [4.78, 5) is 27.3. The molecule has 34 heavy (non-hydrogen) atoms. The van der Waals surface area contributed by atoms with Crippen LogP contribution in [0.5, 0.6) is 0 Å². The third-order valence-corrected chi connectivity index (χ3v) is 7.01. The van der Waals surface area contributed by atoms with Gasteiger partial charge in [-0.2, -0.15) is 10.0 Å². The second kappa shape index (κ2) is 9.12. The van der Waals surface area contributed by atoms with E-state index in [9.17, 15) is 14.9 Å². The highest BCUT2D eigenvalue weighted by molar-refractivity contribution is 8.45. The molecule has 0 atom stereocenters. The number of nitro groups is 1. The first-order valence-corrected chi connectivity index (χ1v) is 11.8. The summed E-state index contributed by atoms with van der Waals surface area (Å²) in [6.45, 7) is 0. The minimum atomic E-state index is -0.554. The Bertz CT molecular complexity index is 1410. The van der Waals surface area contributed by atoms with Gasteiger partial charge in [-0.3, -0.25) is 20.3 Å². The van der Waals surface area contributed by atoms with Crippen molar-refractivity contribution in [2.45, 2.75) is 5.75 Å². The van der Waals surface area contributed by atoms with Gasteiger partial charge in [-0.05, 0) is 35.5 Å². The van der Waals surface area contributed by atoms with Crippen LogP contribution in [0.1, 0.15) is 11.3 Å². The van der Waals surface area contributed by atoms with Crippen molar-refractivity contribution in [2.24, 2.45) is 10.1 Å². The van der Waals surface area contributed by atoms with E-state index in [1.54, 1.807) is 24.3 Å². The number of thioether (sulfide) groups is 2. The number of nitro benzene ring substituents is 1. The molecular formula is C23H15N5O4S2. The molecule has 0 radical (unpaired) electrons. The number of hydrogen-bond acceptors (Lipinski definition) is 8. The number of nitrogens with zero attached hydrogens (tertiary/aromatic N) is 4. The zero-order valence-corrected chi connectivity index (χ0v) is 19.0. The van der Waals surface area contributed by atoms with Gasteiger partial charge < -0.3 is 4.42 Å². The number of amides is 1. The molecule has 0 bridgehead atoms. The smallest absolute Gasteiger partial charge is 0.283 e. The van der Waals surface area contributed by atoms with Gasteiger partial charge >= 0.3 is 0 Å². The average Bonchev–Trinajstić information content (AvgIpc) is 3.48. The standard InChI is InChI=1S/C23H15N5O4S2/c24-20-18(12-17-9-10-19(32-17)15-7-4-8-16(11-15)28(30)31)21(29)25-22-27(20)26-23(34-22)33-13-14-5-2-1-3-6-14/h1-12,24H,13H2/b18-12-,24-20?. The Morgan fingerprint density at radius 2 is 1.97 bits per heavy atom. The number of nitrogens with one attached hydrogen (secondary N) is 1. The number of furan rings is 1. The number of hydrazone groups is 1. The van der Waals surface area contributed by atoms with Crippen molar-refractivity contribution in [1.29, 1.82) is 5.41 Å². The van der Waals surface area contributed by atoms with E-state index in [-0.39, 0.29) is 17.1 Å². The van der Waals surface area contributed by atoms with E-state index in [0.717, 1.165) is 5.56 Å².